The van der Waals surface area contributed by atoms with Crippen molar-refractivity contribution in [1.29, 1.82) is 0 Å². The number of fused-ring (bicyclic) bond motifs is 1. The number of nitrogens with one attached hydrogen (secondary N) is 1. The largest absolute Gasteiger partial charge is 0.365 e. The first-order valence-electron chi connectivity index (χ1n) is 6.84. The van der Waals surface area contributed by atoms with E-state index in [-0.39, 0.29) is 11.3 Å². The van der Waals surface area contributed by atoms with Crippen LogP contribution in [0.2, 0.25) is 5.28 Å². The van der Waals surface area contributed by atoms with E-state index in [4.69, 9.17) is 11.6 Å². The molecule has 3 rings (SSSR count). The molecule has 21 heavy (non-hydrogen) atoms. The first-order valence-corrected chi connectivity index (χ1v) is 8.03. The number of halogens is 1. The Morgan fingerprint density at radius 3 is 3.00 bits per heavy atom. The molecule has 1 N–H and O–H groups in total. The molecule has 0 saturated heterocycles. The van der Waals surface area contributed by atoms with Gasteiger partial charge >= 0.3 is 0 Å². The van der Waals surface area contributed by atoms with Crippen LogP contribution in [0.15, 0.2) is 24.8 Å². The Labute approximate surface area is 132 Å². The average Bonchev–Trinajstić information content (AvgIpc) is 3.07. The lowest BCUT2D eigenvalue weighted by atomic mass is 10.2. The monoisotopic (exact) mass is 321 g/mol. The van der Waals surface area contributed by atoms with E-state index in [1.807, 2.05) is 10.8 Å². The Kier molecular flexibility index (Phi) is 4.07. The van der Waals surface area contributed by atoms with Gasteiger partial charge < -0.3 is 9.88 Å². The zero-order valence-corrected chi connectivity index (χ0v) is 13.4. The molecule has 0 fully saturated rings. The van der Waals surface area contributed by atoms with Gasteiger partial charge in [-0.1, -0.05) is 6.92 Å². The number of aromatic nitrogens is 4. The van der Waals surface area contributed by atoms with Crippen molar-refractivity contribution in [3.63, 3.8) is 0 Å². The molecule has 0 bridgehead atoms. The predicted octanol–water partition coefficient (Wildman–Crippen LogP) is 3.60. The van der Waals surface area contributed by atoms with Gasteiger partial charge in [0.15, 0.2) is 0 Å². The van der Waals surface area contributed by atoms with E-state index in [1.165, 1.54) is 4.88 Å². The second-order valence-corrected chi connectivity index (χ2v) is 6.38. The lowest BCUT2D eigenvalue weighted by Crippen LogP contribution is -2.22. The minimum Gasteiger partial charge on any atom is -0.365 e. The summed E-state index contributed by atoms with van der Waals surface area (Å²) in [5.41, 5.74) is 0. The fourth-order valence-corrected chi connectivity index (χ4v) is 3.41. The summed E-state index contributed by atoms with van der Waals surface area (Å²) < 4.78 is 2.03. The molecule has 1 unspecified atom stereocenters. The summed E-state index contributed by atoms with van der Waals surface area (Å²) in [5, 5.41) is 4.75. The lowest BCUT2D eigenvalue weighted by Gasteiger charge is -2.15. The van der Waals surface area contributed by atoms with Crippen molar-refractivity contribution >= 4 is 39.0 Å². The highest BCUT2D eigenvalue weighted by Crippen LogP contribution is 2.30. The van der Waals surface area contributed by atoms with Crippen molar-refractivity contribution in [2.45, 2.75) is 32.9 Å². The van der Waals surface area contributed by atoms with Gasteiger partial charge in [-0.25, -0.2) is 15.0 Å². The third kappa shape index (κ3) is 3.16. The first kappa shape index (κ1) is 14.3. The van der Waals surface area contributed by atoms with Gasteiger partial charge in [-0.15, -0.1) is 11.3 Å². The molecule has 5 nitrogen and oxygen atoms in total. The van der Waals surface area contributed by atoms with Crippen LogP contribution in [0.4, 0.5) is 5.82 Å². The number of rotatable bonds is 5. The minimum absolute atomic E-state index is 0.207. The van der Waals surface area contributed by atoms with Crippen molar-refractivity contribution < 1.29 is 0 Å². The van der Waals surface area contributed by atoms with E-state index in [9.17, 15) is 0 Å². The summed E-state index contributed by atoms with van der Waals surface area (Å²) in [6, 6.07) is 2.35. The molecule has 1 atom stereocenters. The van der Waals surface area contributed by atoms with Gasteiger partial charge in [0.25, 0.3) is 0 Å². The zero-order valence-electron chi connectivity index (χ0n) is 11.9. The maximum Gasteiger partial charge on any atom is 0.225 e. The van der Waals surface area contributed by atoms with Crippen LogP contribution in [0.3, 0.4) is 0 Å². The van der Waals surface area contributed by atoms with Crippen molar-refractivity contribution in [2.24, 2.45) is 0 Å². The molecule has 3 aromatic rings. The van der Waals surface area contributed by atoms with E-state index in [0.29, 0.717) is 0 Å². The Morgan fingerprint density at radius 1 is 1.43 bits per heavy atom. The van der Waals surface area contributed by atoms with E-state index < -0.39 is 0 Å². The number of imidazole rings is 1. The van der Waals surface area contributed by atoms with Gasteiger partial charge in [-0.3, -0.25) is 0 Å². The van der Waals surface area contributed by atoms with E-state index in [1.54, 1.807) is 23.9 Å². The molecule has 0 radical (unpaired) electrons. The Morgan fingerprint density at radius 2 is 2.29 bits per heavy atom. The summed E-state index contributed by atoms with van der Waals surface area (Å²) in [4.78, 5) is 14.9. The molecule has 0 saturated carbocycles. The number of nitrogens with zero attached hydrogens (tertiary/aromatic N) is 4. The molecule has 3 aromatic heterocycles. The summed E-state index contributed by atoms with van der Waals surface area (Å²) in [6.45, 7) is 5.05. The Balaban J connectivity index is 1.86. The number of anilines is 1. The highest BCUT2D eigenvalue weighted by molar-refractivity contribution is 7.18. The topological polar surface area (TPSA) is 55.6 Å². The number of hydrogen-bond acceptors (Lipinski definition) is 5. The molecule has 0 spiro atoms. The van der Waals surface area contributed by atoms with Crippen LogP contribution < -0.4 is 5.32 Å². The summed E-state index contributed by atoms with van der Waals surface area (Å²) in [5.74, 6) is 0.800. The Hall–Kier alpha value is -1.66. The smallest absolute Gasteiger partial charge is 0.225 e. The Bertz CT molecular complexity index is 737. The second kappa shape index (κ2) is 5.99. The van der Waals surface area contributed by atoms with Gasteiger partial charge in [-0.2, -0.15) is 0 Å². The van der Waals surface area contributed by atoms with Gasteiger partial charge in [-0.05, 0) is 31.0 Å². The van der Waals surface area contributed by atoms with Gasteiger partial charge in [0.1, 0.15) is 10.6 Å². The standard InChI is InChI=1S/C14H16ClN5S/c1-3-10-6-11-12(18-14(15)19-13(11)21-10)17-9(2)7-20-5-4-16-8-20/h4-6,8-9H,3,7H2,1-2H3,(H,17,18,19). The van der Waals surface area contributed by atoms with Gasteiger partial charge in [0.05, 0.1) is 11.7 Å². The van der Waals surface area contributed by atoms with Gasteiger partial charge in [0.2, 0.25) is 5.28 Å². The van der Waals surface area contributed by atoms with Crippen molar-refractivity contribution in [3.8, 4) is 0 Å². The third-order valence-corrected chi connectivity index (χ3v) is 4.53. The molecule has 0 amide bonds. The van der Waals surface area contributed by atoms with Crippen LogP contribution >= 0.6 is 22.9 Å². The molecular weight excluding hydrogens is 306 g/mol. The highest BCUT2D eigenvalue weighted by atomic mass is 35.5. The fraction of sp³-hybridized carbons (Fsp3) is 0.357. The minimum atomic E-state index is 0.207. The maximum absolute atomic E-state index is 6.03. The summed E-state index contributed by atoms with van der Waals surface area (Å²) >= 11 is 7.70. The second-order valence-electron chi connectivity index (χ2n) is 4.93. The third-order valence-electron chi connectivity index (χ3n) is 3.19. The van der Waals surface area contributed by atoms with Crippen LogP contribution in [-0.4, -0.2) is 25.6 Å². The van der Waals surface area contributed by atoms with Crippen LogP contribution in [-0.2, 0) is 13.0 Å². The highest BCUT2D eigenvalue weighted by Gasteiger charge is 2.12. The molecule has 0 aliphatic carbocycles. The molecule has 3 heterocycles. The van der Waals surface area contributed by atoms with Gasteiger partial charge in [0, 0.05) is 29.9 Å². The quantitative estimate of drug-likeness (QED) is 0.729. The fourth-order valence-electron chi connectivity index (χ4n) is 2.22. The number of aryl methyl sites for hydroxylation is 1. The van der Waals surface area contributed by atoms with Crippen molar-refractivity contribution in [2.75, 3.05) is 5.32 Å². The van der Waals surface area contributed by atoms with Crippen LogP contribution in [0, 0.1) is 0 Å². The molecular formula is C14H16ClN5S. The predicted molar refractivity (Wildman–Crippen MR) is 87.1 cm³/mol. The normalized spacial score (nSPS) is 12.7. The molecule has 7 heteroatoms. The van der Waals surface area contributed by atoms with Crippen LogP contribution in [0.25, 0.3) is 10.2 Å². The zero-order chi connectivity index (χ0) is 14.8. The van der Waals surface area contributed by atoms with Crippen LogP contribution in [0.1, 0.15) is 18.7 Å². The molecule has 110 valence electrons. The number of hydrogen-bond donors (Lipinski definition) is 1. The lowest BCUT2D eigenvalue weighted by molar-refractivity contribution is 0.617. The van der Waals surface area contributed by atoms with E-state index >= 15 is 0 Å². The molecule has 0 aliphatic rings. The van der Waals surface area contributed by atoms with Crippen molar-refractivity contribution in [1.82, 2.24) is 19.5 Å². The summed E-state index contributed by atoms with van der Waals surface area (Å²) in [7, 11) is 0. The van der Waals surface area contributed by atoms with E-state index in [2.05, 4.69) is 40.2 Å². The molecule has 0 aromatic carbocycles. The van der Waals surface area contributed by atoms with E-state index in [0.717, 1.165) is 29.0 Å². The first-order chi connectivity index (χ1) is 10.2. The molecule has 0 aliphatic heterocycles. The SMILES string of the molecule is CCc1cc2c(NC(C)Cn3ccnc3)nc(Cl)nc2s1. The number of thiophene rings is 1. The maximum atomic E-state index is 6.03. The average molecular weight is 322 g/mol. The van der Waals surface area contributed by atoms with Crippen LogP contribution in [0.5, 0.6) is 0 Å². The van der Waals surface area contributed by atoms with Crippen molar-refractivity contribution in [3.05, 3.63) is 34.9 Å². The summed E-state index contributed by atoms with van der Waals surface area (Å²) in [6.07, 6.45) is 6.52.